The summed E-state index contributed by atoms with van der Waals surface area (Å²) in [4.78, 5) is 17.0. The number of hydroxylamine groups is 1. The third-order valence-electron chi connectivity index (χ3n) is 6.54. The third kappa shape index (κ3) is 6.10. The molecule has 2 aromatic carbocycles. The Kier molecular flexibility index (Phi) is 8.54. The van der Waals surface area contributed by atoms with E-state index in [0.29, 0.717) is 19.8 Å². The van der Waals surface area contributed by atoms with Crippen LogP contribution in [0.4, 0.5) is 0 Å². The van der Waals surface area contributed by atoms with Crippen LogP contribution in [-0.2, 0) is 22.4 Å². The second-order valence-electron chi connectivity index (χ2n) is 8.69. The number of aliphatic hydroxyl groups excluding tert-OH is 1. The van der Waals surface area contributed by atoms with Crippen molar-refractivity contribution in [3.8, 4) is 5.75 Å². The molecule has 1 aliphatic rings. The normalized spacial score (nSPS) is 15.3. The van der Waals surface area contributed by atoms with Gasteiger partial charge in [0.15, 0.2) is 0 Å². The average molecular weight is 480 g/mol. The average Bonchev–Trinajstić information content (AvgIpc) is 3.48. The number of nitrogens with zero attached hydrogens (tertiary/aromatic N) is 1. The molecule has 4 rings (SSSR count). The minimum absolute atomic E-state index is 0.105. The highest BCUT2D eigenvalue weighted by atomic mass is 16.5. The monoisotopic (exact) mass is 479 g/mol. The van der Waals surface area contributed by atoms with Crippen LogP contribution >= 0.6 is 0 Å². The number of aromatic nitrogens is 1. The van der Waals surface area contributed by atoms with Crippen molar-refractivity contribution in [3.63, 3.8) is 0 Å². The van der Waals surface area contributed by atoms with E-state index in [1.54, 1.807) is 18.7 Å². The fourth-order valence-electron chi connectivity index (χ4n) is 4.82. The van der Waals surface area contributed by atoms with Crippen molar-refractivity contribution in [2.75, 3.05) is 40.0 Å². The maximum Gasteiger partial charge on any atom is 0.267 e. The zero-order chi connectivity index (χ0) is 24.6. The maximum atomic E-state index is 11.3. The number of carbonyl (C=O) groups excluding carboxylic acids is 1. The van der Waals surface area contributed by atoms with Gasteiger partial charge in [-0.05, 0) is 65.8 Å². The molecular weight excluding hydrogens is 446 g/mol. The fourth-order valence-corrected chi connectivity index (χ4v) is 4.82. The van der Waals surface area contributed by atoms with Crippen LogP contribution < -0.4 is 10.2 Å². The van der Waals surface area contributed by atoms with Gasteiger partial charge >= 0.3 is 0 Å². The molecular formula is C27H33N3O5. The van der Waals surface area contributed by atoms with Crippen LogP contribution in [0, 0.1) is 0 Å². The van der Waals surface area contributed by atoms with Crippen LogP contribution in [0.1, 0.15) is 34.7 Å². The van der Waals surface area contributed by atoms with E-state index in [9.17, 15) is 9.90 Å². The molecule has 0 saturated heterocycles. The second-order valence-corrected chi connectivity index (χ2v) is 8.69. The van der Waals surface area contributed by atoms with Gasteiger partial charge in [-0.2, -0.15) is 0 Å². The lowest BCUT2D eigenvalue weighted by atomic mass is 10.0. The Bertz CT molecular complexity index is 1170. The van der Waals surface area contributed by atoms with Crippen LogP contribution in [0.25, 0.3) is 17.0 Å². The number of hydrogen-bond donors (Lipinski definition) is 4. The number of amides is 1. The van der Waals surface area contributed by atoms with Gasteiger partial charge in [0.2, 0.25) is 0 Å². The molecule has 0 aliphatic heterocycles. The van der Waals surface area contributed by atoms with Crippen LogP contribution in [0.2, 0.25) is 0 Å². The topological polar surface area (TPSA) is 107 Å². The number of nitrogens with one attached hydrogen (secondary N) is 2. The molecule has 3 aromatic rings. The molecule has 8 heteroatoms. The van der Waals surface area contributed by atoms with E-state index >= 15 is 0 Å². The summed E-state index contributed by atoms with van der Waals surface area (Å²) >= 11 is 0. The summed E-state index contributed by atoms with van der Waals surface area (Å²) < 4.78 is 10.9. The molecule has 35 heavy (non-hydrogen) atoms. The number of aliphatic hydroxyl groups is 1. The van der Waals surface area contributed by atoms with Crippen molar-refractivity contribution in [2.24, 2.45) is 0 Å². The minimum atomic E-state index is -0.552. The number of rotatable bonds is 12. The first kappa shape index (κ1) is 24.9. The van der Waals surface area contributed by atoms with Crippen molar-refractivity contribution < 1.29 is 24.6 Å². The lowest BCUT2D eigenvalue weighted by molar-refractivity contribution is -0.124. The van der Waals surface area contributed by atoms with E-state index < -0.39 is 5.91 Å². The van der Waals surface area contributed by atoms with Crippen molar-refractivity contribution in [3.05, 3.63) is 70.9 Å². The lowest BCUT2D eigenvalue weighted by Gasteiger charge is -2.29. The van der Waals surface area contributed by atoms with E-state index in [0.717, 1.165) is 48.0 Å². The van der Waals surface area contributed by atoms with Gasteiger partial charge in [0.1, 0.15) is 12.4 Å². The number of aromatic amines is 1. The van der Waals surface area contributed by atoms with Gasteiger partial charge in [-0.3, -0.25) is 14.9 Å². The van der Waals surface area contributed by atoms with E-state index in [4.69, 9.17) is 14.7 Å². The Morgan fingerprint density at radius 1 is 1.23 bits per heavy atom. The molecule has 186 valence electrons. The van der Waals surface area contributed by atoms with Crippen LogP contribution in [0.5, 0.6) is 5.75 Å². The predicted molar refractivity (Wildman–Crippen MR) is 134 cm³/mol. The summed E-state index contributed by atoms with van der Waals surface area (Å²) in [5, 5.41) is 19.6. The maximum absolute atomic E-state index is 11.3. The van der Waals surface area contributed by atoms with Gasteiger partial charge in [-0.15, -0.1) is 0 Å². The number of fused-ring (bicyclic) bond motifs is 2. The number of carbonyl (C=O) groups is 1. The molecule has 0 spiro atoms. The molecule has 8 nitrogen and oxygen atoms in total. The summed E-state index contributed by atoms with van der Waals surface area (Å²) in [5.41, 5.74) is 7.36. The lowest BCUT2D eigenvalue weighted by Crippen LogP contribution is -2.32. The number of methoxy groups -OCH3 is 1. The summed E-state index contributed by atoms with van der Waals surface area (Å²) in [6.45, 7) is 2.60. The number of ether oxygens (including phenoxy) is 2. The van der Waals surface area contributed by atoms with Crippen molar-refractivity contribution >= 4 is 22.9 Å². The Balaban J connectivity index is 1.46. The highest BCUT2D eigenvalue weighted by molar-refractivity contribution is 5.90. The quantitative estimate of drug-likeness (QED) is 0.138. The minimum Gasteiger partial charge on any atom is -0.491 e. The van der Waals surface area contributed by atoms with Gasteiger partial charge < -0.3 is 19.6 Å². The molecule has 1 amide bonds. The second kappa shape index (κ2) is 12.0. The number of H-pyrrole nitrogens is 1. The van der Waals surface area contributed by atoms with E-state index in [1.807, 2.05) is 18.2 Å². The van der Waals surface area contributed by atoms with Crippen LogP contribution in [0.3, 0.4) is 0 Å². The largest absolute Gasteiger partial charge is 0.491 e. The molecule has 1 aromatic heterocycles. The Labute approximate surface area is 205 Å². The van der Waals surface area contributed by atoms with Gasteiger partial charge in [0.05, 0.1) is 13.2 Å². The molecule has 1 atom stereocenters. The van der Waals surface area contributed by atoms with Crippen LogP contribution in [0.15, 0.2) is 48.7 Å². The first-order valence-corrected chi connectivity index (χ1v) is 11.9. The zero-order valence-electron chi connectivity index (χ0n) is 20.0. The summed E-state index contributed by atoms with van der Waals surface area (Å²) in [6.07, 6.45) is 7.85. The van der Waals surface area contributed by atoms with Crippen LogP contribution in [-0.4, -0.2) is 66.1 Å². The smallest absolute Gasteiger partial charge is 0.267 e. The zero-order valence-corrected chi connectivity index (χ0v) is 20.0. The van der Waals surface area contributed by atoms with E-state index in [-0.39, 0.29) is 12.6 Å². The first-order valence-electron chi connectivity index (χ1n) is 11.9. The predicted octanol–water partition coefficient (Wildman–Crippen LogP) is 3.24. The van der Waals surface area contributed by atoms with Crippen molar-refractivity contribution in [1.82, 2.24) is 15.4 Å². The third-order valence-corrected chi connectivity index (χ3v) is 6.54. The molecule has 0 radical (unpaired) electrons. The summed E-state index contributed by atoms with van der Waals surface area (Å²) in [5.74, 6) is 0.275. The highest BCUT2D eigenvalue weighted by Crippen LogP contribution is 2.36. The van der Waals surface area contributed by atoms with Gasteiger partial charge in [-0.25, -0.2) is 5.48 Å². The van der Waals surface area contributed by atoms with E-state index in [2.05, 4.69) is 34.3 Å². The molecule has 1 aliphatic carbocycles. The van der Waals surface area contributed by atoms with Gasteiger partial charge in [0, 0.05) is 49.4 Å². The molecule has 0 fully saturated rings. The Hall–Kier alpha value is -3.17. The first-order chi connectivity index (χ1) is 17.1. The molecule has 0 saturated carbocycles. The SMILES string of the molecule is COCCOc1ccc2[nH]cc(CCN(CCO)C3CCc4cc(C=CC(=O)NO)ccc43)c2c1. The van der Waals surface area contributed by atoms with Crippen molar-refractivity contribution in [2.45, 2.75) is 25.3 Å². The molecule has 1 unspecified atom stereocenters. The Morgan fingerprint density at radius 3 is 2.91 bits per heavy atom. The van der Waals surface area contributed by atoms with Crippen molar-refractivity contribution in [1.29, 1.82) is 0 Å². The fraction of sp³-hybridized carbons (Fsp3) is 0.370. The number of aryl methyl sites for hydroxylation is 1. The molecule has 4 N–H and O–H groups in total. The standard InChI is InChI=1S/C27H33N3O5/c1-34-14-15-35-22-5-7-25-24(17-22)21(18-28-25)10-11-30(12-13-31)26-8-4-20-16-19(2-6-23(20)26)3-9-27(32)29-33/h2-3,5-7,9,16-18,26,28,31,33H,4,8,10-15H2,1H3,(H,29,32). The summed E-state index contributed by atoms with van der Waals surface area (Å²) in [6, 6.07) is 12.5. The van der Waals surface area contributed by atoms with E-state index in [1.165, 1.54) is 22.8 Å². The summed E-state index contributed by atoms with van der Waals surface area (Å²) in [7, 11) is 1.66. The Morgan fingerprint density at radius 2 is 2.11 bits per heavy atom. The number of hydrogen-bond acceptors (Lipinski definition) is 6. The van der Waals surface area contributed by atoms with Gasteiger partial charge in [-0.1, -0.05) is 18.2 Å². The molecule has 1 heterocycles. The number of benzene rings is 2. The highest BCUT2D eigenvalue weighted by Gasteiger charge is 2.27. The molecule has 0 bridgehead atoms. The van der Waals surface area contributed by atoms with Gasteiger partial charge in [0.25, 0.3) is 5.91 Å².